The Morgan fingerprint density at radius 3 is 0.431 bits per heavy atom. The van der Waals surface area contributed by atoms with E-state index in [-0.39, 0.29) is 5.48 Å². The van der Waals surface area contributed by atoms with Gasteiger partial charge in [-0.05, 0) is 77.0 Å². The molecule has 0 unspecified atom stereocenters. The fourth-order valence-corrected chi connectivity index (χ4v) is 7.68. The van der Waals surface area contributed by atoms with Crippen molar-refractivity contribution in [3.05, 3.63) is 0 Å². The molecular formula is C48H104N2O. The molecule has 3 nitrogen and oxygen atoms in total. The summed E-state index contributed by atoms with van der Waals surface area (Å²) >= 11 is 0. The van der Waals surface area contributed by atoms with Crippen molar-refractivity contribution >= 4 is 0 Å². The van der Waals surface area contributed by atoms with E-state index in [1.54, 1.807) is 0 Å². The number of nitrogens with one attached hydrogen (secondary N) is 2. The third kappa shape index (κ3) is 49.9. The molecule has 0 atom stereocenters. The molecule has 0 heterocycles. The quantitative estimate of drug-likeness (QED) is 0.0588. The van der Waals surface area contributed by atoms with E-state index in [1.807, 2.05) is 9.80 Å². The molecule has 0 fully saturated rings. The maximum atomic E-state index is 2.31. The van der Waals surface area contributed by atoms with Crippen LogP contribution >= 0.6 is 0 Å². The summed E-state index contributed by atoms with van der Waals surface area (Å²) < 4.78 is 0. The summed E-state index contributed by atoms with van der Waals surface area (Å²) in [6.45, 7) is 22.5. The number of rotatable bonds is 42. The first-order valence-electron chi connectivity index (χ1n) is 24.4. The smallest absolute Gasteiger partial charge is 0.0770 e. The van der Waals surface area contributed by atoms with Gasteiger partial charge in [-0.3, -0.25) is 0 Å². The fourth-order valence-electron chi connectivity index (χ4n) is 7.68. The third-order valence-corrected chi connectivity index (χ3v) is 11.3. The van der Waals surface area contributed by atoms with Crippen molar-refractivity contribution in [2.24, 2.45) is 0 Å². The molecule has 0 rings (SSSR count). The van der Waals surface area contributed by atoms with E-state index in [4.69, 9.17) is 0 Å². The molecule has 0 aromatic carbocycles. The maximum Gasteiger partial charge on any atom is 0.0770 e. The minimum absolute atomic E-state index is 0. The van der Waals surface area contributed by atoms with Crippen LogP contribution in [-0.2, 0) is 5.48 Å². The zero-order valence-electron chi connectivity index (χ0n) is 37.1. The Labute approximate surface area is 326 Å². The largest absolute Gasteiger partial charge is 2.00 e. The summed E-state index contributed by atoms with van der Waals surface area (Å²) in [5, 5.41) is 0. The highest BCUT2D eigenvalue weighted by atomic mass is 16.0. The summed E-state index contributed by atoms with van der Waals surface area (Å²) in [5.41, 5.74) is 0. The van der Waals surface area contributed by atoms with Gasteiger partial charge >= 0.3 is 0 Å². The van der Waals surface area contributed by atoms with Crippen molar-refractivity contribution in [1.29, 1.82) is 0 Å². The normalized spacial score (nSPS) is 11.3. The average molecular weight is 725 g/mol. The van der Waals surface area contributed by atoms with Crippen molar-refractivity contribution < 1.29 is 15.3 Å². The maximum absolute atomic E-state index is 2.31. The van der Waals surface area contributed by atoms with Crippen LogP contribution in [0.4, 0.5) is 0 Å². The second kappa shape index (κ2) is 52.0. The van der Waals surface area contributed by atoms with Crippen LogP contribution in [-0.4, -0.2) is 39.3 Å². The lowest BCUT2D eigenvalue weighted by Gasteiger charge is -2.20. The van der Waals surface area contributed by atoms with E-state index < -0.39 is 0 Å². The molecule has 3 heteroatoms. The predicted molar refractivity (Wildman–Crippen MR) is 232 cm³/mol. The highest BCUT2D eigenvalue weighted by Crippen LogP contribution is 2.08. The van der Waals surface area contributed by atoms with Crippen molar-refractivity contribution in [3.8, 4) is 0 Å². The van der Waals surface area contributed by atoms with Gasteiger partial charge in [0, 0.05) is 0 Å². The Hall–Kier alpha value is -0.120. The van der Waals surface area contributed by atoms with Crippen LogP contribution in [0.15, 0.2) is 0 Å². The molecule has 2 N–H and O–H groups in total. The van der Waals surface area contributed by atoms with Crippen LogP contribution in [0.5, 0.6) is 0 Å². The Bertz CT molecular complexity index is 431. The molecule has 0 bridgehead atoms. The van der Waals surface area contributed by atoms with E-state index in [2.05, 4.69) is 41.5 Å². The summed E-state index contributed by atoms with van der Waals surface area (Å²) in [4.78, 5) is 3.84. The number of quaternary nitrogens is 2. The SMILES string of the molecule is CCCCCCCC[NH+](CCCCCCCC)CCCCCCCC.CCCCCCCC[NH+](CCCCCCCC)CCCCCCCC.[O-2]. The van der Waals surface area contributed by atoms with Gasteiger partial charge < -0.3 is 15.3 Å². The Morgan fingerprint density at radius 1 is 0.176 bits per heavy atom. The lowest BCUT2D eigenvalue weighted by Crippen LogP contribution is -3.12. The molecule has 0 aliphatic carbocycles. The monoisotopic (exact) mass is 725 g/mol. The zero-order valence-corrected chi connectivity index (χ0v) is 37.1. The third-order valence-electron chi connectivity index (χ3n) is 11.3. The van der Waals surface area contributed by atoms with E-state index >= 15 is 0 Å². The summed E-state index contributed by atoms with van der Waals surface area (Å²) in [7, 11) is 0. The van der Waals surface area contributed by atoms with Crippen molar-refractivity contribution in [3.63, 3.8) is 0 Å². The standard InChI is InChI=1S/2C24H51N.O/c2*1-4-7-10-13-16-19-22-25(23-20-17-14-11-8-5-2)24-21-18-15-12-9-6-3;/h2*4-24H2,1-3H3;/q;;-2/p+2. The van der Waals surface area contributed by atoms with Crippen molar-refractivity contribution in [2.75, 3.05) is 39.3 Å². The highest BCUT2D eigenvalue weighted by molar-refractivity contribution is 4.49. The molecule has 312 valence electrons. The van der Waals surface area contributed by atoms with Crippen LogP contribution < -0.4 is 9.80 Å². The Kier molecular flexibility index (Phi) is 56.3. The van der Waals surface area contributed by atoms with Crippen LogP contribution in [0.2, 0.25) is 0 Å². The zero-order chi connectivity index (χ0) is 36.9. The van der Waals surface area contributed by atoms with Gasteiger partial charge in [-0.25, -0.2) is 0 Å². The number of unbranched alkanes of at least 4 members (excludes halogenated alkanes) is 30. The second-order valence-electron chi connectivity index (χ2n) is 16.6. The Morgan fingerprint density at radius 2 is 0.294 bits per heavy atom. The number of hydrogen-bond donors (Lipinski definition) is 2. The minimum Gasteiger partial charge on any atom is -2.00 e. The average Bonchev–Trinajstić information content (AvgIpc) is 3.13. The van der Waals surface area contributed by atoms with Crippen molar-refractivity contribution in [2.45, 2.75) is 273 Å². The van der Waals surface area contributed by atoms with E-state index in [1.165, 1.54) is 270 Å². The van der Waals surface area contributed by atoms with Gasteiger partial charge in [0.15, 0.2) is 0 Å². The van der Waals surface area contributed by atoms with E-state index in [9.17, 15) is 0 Å². The summed E-state index contributed by atoms with van der Waals surface area (Å²) in [5.74, 6) is 0. The molecule has 0 radical (unpaired) electrons. The minimum atomic E-state index is 0. The molecule has 0 spiro atoms. The van der Waals surface area contributed by atoms with E-state index in [0.29, 0.717) is 0 Å². The van der Waals surface area contributed by atoms with Gasteiger partial charge in [0.2, 0.25) is 0 Å². The van der Waals surface area contributed by atoms with Gasteiger partial charge in [-0.1, -0.05) is 196 Å². The molecular weight excluding hydrogens is 621 g/mol. The van der Waals surface area contributed by atoms with Gasteiger partial charge in [-0.15, -0.1) is 0 Å². The molecule has 0 aliphatic rings. The van der Waals surface area contributed by atoms with Gasteiger partial charge in [0.25, 0.3) is 0 Å². The Balaban J connectivity index is -0.000000886. The molecule has 0 aromatic heterocycles. The molecule has 0 saturated heterocycles. The van der Waals surface area contributed by atoms with Crippen LogP contribution in [0, 0.1) is 0 Å². The second-order valence-corrected chi connectivity index (χ2v) is 16.6. The fraction of sp³-hybridized carbons (Fsp3) is 1.00. The molecule has 0 amide bonds. The first kappa shape index (κ1) is 55.2. The highest BCUT2D eigenvalue weighted by Gasteiger charge is 2.09. The summed E-state index contributed by atoms with van der Waals surface area (Å²) in [6.07, 6.45) is 52.0. The van der Waals surface area contributed by atoms with Crippen LogP contribution in [0.25, 0.3) is 0 Å². The summed E-state index contributed by atoms with van der Waals surface area (Å²) in [6, 6.07) is 0. The lowest BCUT2D eigenvalue weighted by molar-refractivity contribution is -0.901. The van der Waals surface area contributed by atoms with Gasteiger partial charge in [-0.2, -0.15) is 0 Å². The van der Waals surface area contributed by atoms with Crippen molar-refractivity contribution in [1.82, 2.24) is 0 Å². The van der Waals surface area contributed by atoms with Crippen LogP contribution in [0.3, 0.4) is 0 Å². The predicted octanol–water partition coefficient (Wildman–Crippen LogP) is 13.8. The van der Waals surface area contributed by atoms with Gasteiger partial charge in [0.05, 0.1) is 39.3 Å². The van der Waals surface area contributed by atoms with Gasteiger partial charge in [0.1, 0.15) is 0 Å². The van der Waals surface area contributed by atoms with E-state index in [0.717, 1.165) is 0 Å². The topological polar surface area (TPSA) is 37.4 Å². The first-order valence-corrected chi connectivity index (χ1v) is 24.4. The molecule has 0 aliphatic heterocycles. The molecule has 0 aromatic rings. The van der Waals surface area contributed by atoms with Crippen LogP contribution in [0.1, 0.15) is 273 Å². The molecule has 51 heavy (non-hydrogen) atoms. The molecule has 0 saturated carbocycles. The number of hydrogen-bond acceptors (Lipinski definition) is 0. The first-order chi connectivity index (χ1) is 24.7. The lowest BCUT2D eigenvalue weighted by atomic mass is 10.1.